The maximum Gasteiger partial charge on any atom is 0.228 e. The molecule has 144 valence electrons. The summed E-state index contributed by atoms with van der Waals surface area (Å²) in [4.78, 5) is 12.7. The van der Waals surface area contributed by atoms with Crippen molar-refractivity contribution in [3.05, 3.63) is 29.0 Å². The van der Waals surface area contributed by atoms with E-state index in [0.29, 0.717) is 16.6 Å². The molecule has 2 heterocycles. The summed E-state index contributed by atoms with van der Waals surface area (Å²) in [5.41, 5.74) is 1.67. The molecule has 2 N–H and O–H groups in total. The van der Waals surface area contributed by atoms with E-state index >= 15 is 0 Å². The monoisotopic (exact) mass is 408 g/mol. The van der Waals surface area contributed by atoms with Gasteiger partial charge in [0.2, 0.25) is 5.91 Å². The Labute approximate surface area is 168 Å². The van der Waals surface area contributed by atoms with Gasteiger partial charge in [-0.1, -0.05) is 11.6 Å². The number of anilines is 1. The number of halogens is 2. The first kappa shape index (κ1) is 18.7. The molecular formula is C18H22Cl2N6O. The highest BCUT2D eigenvalue weighted by Gasteiger charge is 2.57. The van der Waals surface area contributed by atoms with Gasteiger partial charge < -0.3 is 10.6 Å². The minimum absolute atomic E-state index is 0. The average Bonchev–Trinajstić information content (AvgIpc) is 3.56. The third-order valence-corrected chi connectivity index (χ3v) is 6.30. The number of hydrogen-bond donors (Lipinski definition) is 2. The maximum atomic E-state index is 12.7. The molecule has 2 aliphatic carbocycles. The highest BCUT2D eigenvalue weighted by molar-refractivity contribution is 6.32. The number of carbonyl (C=O) groups excluding carboxylic acids is 1. The molecular weight excluding hydrogens is 387 g/mol. The molecule has 0 bridgehead atoms. The second-order valence-electron chi connectivity index (χ2n) is 7.75. The van der Waals surface area contributed by atoms with E-state index < -0.39 is 0 Å². The summed E-state index contributed by atoms with van der Waals surface area (Å²) < 4.78 is 1.70. The molecule has 1 aromatic heterocycles. The summed E-state index contributed by atoms with van der Waals surface area (Å²) in [6.07, 6.45) is 5.39. The fraction of sp³-hybridized carbons (Fsp3) is 0.556. The first-order chi connectivity index (χ1) is 12.7. The van der Waals surface area contributed by atoms with Crippen molar-refractivity contribution in [1.82, 2.24) is 25.5 Å². The third-order valence-electron chi connectivity index (χ3n) is 5.98. The molecule has 1 aromatic carbocycles. The molecule has 27 heavy (non-hydrogen) atoms. The van der Waals surface area contributed by atoms with Crippen LogP contribution >= 0.6 is 24.0 Å². The summed E-state index contributed by atoms with van der Waals surface area (Å²) in [5.74, 6) is 1.48. The lowest BCUT2D eigenvalue weighted by molar-refractivity contribution is -0.118. The average molecular weight is 409 g/mol. The van der Waals surface area contributed by atoms with Crippen LogP contribution in [0.3, 0.4) is 0 Å². The van der Waals surface area contributed by atoms with Crippen LogP contribution in [0.5, 0.6) is 0 Å². The molecule has 1 atom stereocenters. The van der Waals surface area contributed by atoms with Crippen molar-refractivity contribution in [1.29, 1.82) is 0 Å². The lowest BCUT2D eigenvalue weighted by Crippen LogP contribution is -2.31. The Morgan fingerprint density at radius 3 is 2.81 bits per heavy atom. The van der Waals surface area contributed by atoms with Gasteiger partial charge in [-0.05, 0) is 79.2 Å². The number of carbonyl (C=O) groups is 1. The number of benzene rings is 1. The molecule has 1 amide bonds. The molecule has 2 aromatic rings. The van der Waals surface area contributed by atoms with Crippen LogP contribution in [0.25, 0.3) is 5.69 Å². The van der Waals surface area contributed by atoms with E-state index in [1.807, 2.05) is 12.1 Å². The van der Waals surface area contributed by atoms with Gasteiger partial charge in [-0.15, -0.1) is 17.5 Å². The molecule has 1 unspecified atom stereocenters. The molecule has 1 spiro atoms. The van der Waals surface area contributed by atoms with Crippen LogP contribution in [-0.2, 0) is 4.79 Å². The molecule has 9 heteroatoms. The van der Waals surface area contributed by atoms with Crippen molar-refractivity contribution in [2.24, 2.45) is 11.3 Å². The number of nitrogens with zero attached hydrogens (tertiary/aromatic N) is 4. The fourth-order valence-electron chi connectivity index (χ4n) is 4.14. The first-order valence-electron chi connectivity index (χ1n) is 9.26. The van der Waals surface area contributed by atoms with Crippen LogP contribution < -0.4 is 10.6 Å². The zero-order valence-corrected chi connectivity index (χ0v) is 16.4. The van der Waals surface area contributed by atoms with E-state index in [0.717, 1.165) is 56.7 Å². The predicted molar refractivity (Wildman–Crippen MR) is 105 cm³/mol. The van der Waals surface area contributed by atoms with Gasteiger partial charge in [-0.25, -0.2) is 0 Å². The van der Waals surface area contributed by atoms with Crippen molar-refractivity contribution in [3.63, 3.8) is 0 Å². The van der Waals surface area contributed by atoms with Crippen LogP contribution in [0.15, 0.2) is 18.2 Å². The lowest BCUT2D eigenvalue weighted by Gasteiger charge is -2.23. The topological polar surface area (TPSA) is 84.7 Å². The Hall–Kier alpha value is -1.70. The van der Waals surface area contributed by atoms with Gasteiger partial charge in [0, 0.05) is 17.5 Å². The summed E-state index contributed by atoms with van der Waals surface area (Å²) in [5, 5.41) is 19.0. The zero-order chi connectivity index (χ0) is 17.7. The molecule has 3 aliphatic rings. The normalized spacial score (nSPS) is 22.9. The Balaban J connectivity index is 0.00000180. The van der Waals surface area contributed by atoms with Gasteiger partial charge >= 0.3 is 0 Å². The Bertz CT molecular complexity index is 859. The Morgan fingerprint density at radius 2 is 2.07 bits per heavy atom. The highest BCUT2D eigenvalue weighted by Crippen LogP contribution is 2.58. The smallest absolute Gasteiger partial charge is 0.228 e. The van der Waals surface area contributed by atoms with Gasteiger partial charge in [0.15, 0.2) is 5.82 Å². The Kier molecular flexibility index (Phi) is 4.86. The lowest BCUT2D eigenvalue weighted by atomic mass is 9.92. The number of aromatic nitrogens is 4. The summed E-state index contributed by atoms with van der Waals surface area (Å²) in [6, 6.07) is 5.49. The van der Waals surface area contributed by atoms with E-state index in [-0.39, 0.29) is 29.6 Å². The molecule has 1 aliphatic heterocycles. The van der Waals surface area contributed by atoms with E-state index in [9.17, 15) is 4.79 Å². The second-order valence-corrected chi connectivity index (χ2v) is 8.15. The molecule has 7 nitrogen and oxygen atoms in total. The number of rotatable bonds is 4. The van der Waals surface area contributed by atoms with E-state index in [1.54, 1.807) is 10.7 Å². The van der Waals surface area contributed by atoms with Gasteiger partial charge in [-0.3, -0.25) is 4.79 Å². The van der Waals surface area contributed by atoms with Crippen LogP contribution in [-0.4, -0.2) is 39.2 Å². The van der Waals surface area contributed by atoms with Crippen LogP contribution in [0.4, 0.5) is 5.69 Å². The second kappa shape index (κ2) is 7.04. The van der Waals surface area contributed by atoms with Crippen LogP contribution in [0, 0.1) is 11.3 Å². The maximum absolute atomic E-state index is 12.7. The van der Waals surface area contributed by atoms with Crippen LogP contribution in [0.2, 0.25) is 5.02 Å². The molecule has 3 fully saturated rings. The quantitative estimate of drug-likeness (QED) is 0.811. The van der Waals surface area contributed by atoms with Gasteiger partial charge in [0.1, 0.15) is 0 Å². The summed E-state index contributed by atoms with van der Waals surface area (Å²) >= 11 is 6.38. The van der Waals surface area contributed by atoms with Gasteiger partial charge in [-0.2, -0.15) is 4.68 Å². The van der Waals surface area contributed by atoms with Crippen molar-refractivity contribution < 1.29 is 4.79 Å². The number of piperidine rings is 1. The number of nitrogens with one attached hydrogen (secondary N) is 2. The zero-order valence-electron chi connectivity index (χ0n) is 14.8. The molecule has 0 radical (unpaired) electrons. The highest BCUT2D eigenvalue weighted by atomic mass is 35.5. The van der Waals surface area contributed by atoms with Crippen LogP contribution in [0.1, 0.15) is 43.8 Å². The number of amides is 1. The minimum atomic E-state index is 0. The van der Waals surface area contributed by atoms with E-state index in [4.69, 9.17) is 11.6 Å². The SMILES string of the molecule is Cl.O=C(Nc1ccc(Cl)c(-n2nnnc2C2CC2)c1)C1CC12CCNCC2. The van der Waals surface area contributed by atoms with Gasteiger partial charge in [0.05, 0.1) is 10.7 Å². The summed E-state index contributed by atoms with van der Waals surface area (Å²) in [7, 11) is 0. The third kappa shape index (κ3) is 3.44. The first-order valence-corrected chi connectivity index (χ1v) is 9.64. The summed E-state index contributed by atoms with van der Waals surface area (Å²) in [6.45, 7) is 2.02. The number of hydrogen-bond acceptors (Lipinski definition) is 5. The molecule has 2 saturated carbocycles. The number of tetrazole rings is 1. The minimum Gasteiger partial charge on any atom is -0.326 e. The molecule has 1 saturated heterocycles. The van der Waals surface area contributed by atoms with Crippen molar-refractivity contribution in [2.75, 3.05) is 18.4 Å². The van der Waals surface area contributed by atoms with Gasteiger partial charge in [0.25, 0.3) is 0 Å². The Morgan fingerprint density at radius 1 is 1.30 bits per heavy atom. The van der Waals surface area contributed by atoms with E-state index in [1.165, 1.54) is 0 Å². The standard InChI is InChI=1S/C18H21ClN6O.ClH/c19-14-4-3-12(9-15(14)25-16(11-1-2-11)22-23-24-25)21-17(26)13-10-18(13)5-7-20-8-6-18;/h3-4,9,11,13,20H,1-2,5-8,10H2,(H,21,26);1H. The predicted octanol–water partition coefficient (Wildman–Crippen LogP) is 2.94. The fourth-order valence-corrected chi connectivity index (χ4v) is 4.34. The van der Waals surface area contributed by atoms with Crippen molar-refractivity contribution >= 4 is 35.6 Å². The van der Waals surface area contributed by atoms with Crippen molar-refractivity contribution in [3.8, 4) is 5.69 Å². The largest absolute Gasteiger partial charge is 0.326 e. The van der Waals surface area contributed by atoms with E-state index in [2.05, 4.69) is 26.2 Å². The van der Waals surface area contributed by atoms with Crippen molar-refractivity contribution in [2.45, 2.75) is 38.0 Å². The molecule has 5 rings (SSSR count).